The molecule has 5 nitrogen and oxygen atoms in total. The largest absolute Gasteiger partial charge is 0.484 e. The first kappa shape index (κ1) is 17.3. The van der Waals surface area contributed by atoms with Crippen LogP contribution in [0.15, 0.2) is 18.2 Å². The molecule has 6 heteroatoms. The monoisotopic (exact) mass is 313 g/mol. The lowest BCUT2D eigenvalue weighted by Crippen LogP contribution is -2.54. The molecule has 116 valence electrons. The highest BCUT2D eigenvalue weighted by Gasteiger charge is 2.36. The van der Waals surface area contributed by atoms with Gasteiger partial charge in [-0.25, -0.2) is 4.79 Å². The number of hydrogen-bond donors (Lipinski definition) is 2. The number of hydrogen-bond acceptors (Lipinski definition) is 3. The van der Waals surface area contributed by atoms with Gasteiger partial charge in [0.05, 0.1) is 0 Å². The first-order valence-electron chi connectivity index (χ1n) is 6.78. The van der Waals surface area contributed by atoms with Gasteiger partial charge in [0, 0.05) is 5.02 Å². The molecule has 0 radical (unpaired) electrons. The normalized spacial score (nSPS) is 11.0. The number of carboxylic acid groups (broad SMARTS) is 1. The summed E-state index contributed by atoms with van der Waals surface area (Å²) >= 11 is 5.90. The Morgan fingerprint density at radius 1 is 1.33 bits per heavy atom. The molecule has 0 heterocycles. The number of carbonyl (C=O) groups excluding carboxylic acids is 1. The molecule has 0 aromatic heterocycles. The molecule has 0 aliphatic rings. The molecule has 21 heavy (non-hydrogen) atoms. The number of aryl methyl sites for hydroxylation is 1. The Bertz CT molecular complexity index is 526. The summed E-state index contributed by atoms with van der Waals surface area (Å²) in [4.78, 5) is 23.2. The van der Waals surface area contributed by atoms with Crippen molar-refractivity contribution in [3.63, 3.8) is 0 Å². The van der Waals surface area contributed by atoms with Gasteiger partial charge in [-0.15, -0.1) is 0 Å². The third-order valence-electron chi connectivity index (χ3n) is 3.49. The van der Waals surface area contributed by atoms with Crippen molar-refractivity contribution in [3.8, 4) is 5.75 Å². The van der Waals surface area contributed by atoms with Gasteiger partial charge in [0.1, 0.15) is 11.3 Å². The predicted molar refractivity (Wildman–Crippen MR) is 80.8 cm³/mol. The number of benzene rings is 1. The molecule has 1 amide bonds. The highest BCUT2D eigenvalue weighted by atomic mass is 35.5. The van der Waals surface area contributed by atoms with Crippen molar-refractivity contribution in [2.24, 2.45) is 0 Å². The molecule has 0 unspecified atom stereocenters. The van der Waals surface area contributed by atoms with E-state index in [1.807, 2.05) is 6.92 Å². The number of nitrogens with one attached hydrogen (secondary N) is 1. The van der Waals surface area contributed by atoms with Gasteiger partial charge in [0.25, 0.3) is 5.91 Å². The fraction of sp³-hybridized carbons (Fsp3) is 0.467. The number of carbonyl (C=O) groups is 2. The van der Waals surface area contributed by atoms with E-state index in [1.54, 1.807) is 32.0 Å². The van der Waals surface area contributed by atoms with Crippen molar-refractivity contribution in [2.75, 3.05) is 6.61 Å². The van der Waals surface area contributed by atoms with E-state index in [0.717, 1.165) is 5.56 Å². The smallest absolute Gasteiger partial charge is 0.329 e. The molecular formula is C15H20ClNO4. The minimum Gasteiger partial charge on any atom is -0.484 e. The van der Waals surface area contributed by atoms with Gasteiger partial charge in [-0.3, -0.25) is 4.79 Å². The van der Waals surface area contributed by atoms with Crippen molar-refractivity contribution in [3.05, 3.63) is 28.8 Å². The Morgan fingerprint density at radius 2 is 1.95 bits per heavy atom. The maximum atomic E-state index is 11.9. The fourth-order valence-corrected chi connectivity index (χ4v) is 2.06. The lowest BCUT2D eigenvalue weighted by molar-refractivity contribution is -0.148. The second kappa shape index (κ2) is 7.31. The van der Waals surface area contributed by atoms with Crippen molar-refractivity contribution in [2.45, 2.75) is 39.2 Å². The molecule has 0 saturated carbocycles. The van der Waals surface area contributed by atoms with Gasteiger partial charge >= 0.3 is 5.97 Å². The fourth-order valence-electron chi connectivity index (χ4n) is 1.94. The second-order valence-electron chi connectivity index (χ2n) is 4.84. The average molecular weight is 314 g/mol. The number of halogens is 1. The van der Waals surface area contributed by atoms with Crippen LogP contribution in [0.2, 0.25) is 5.02 Å². The standard InChI is InChI=1S/C15H20ClNO4/c1-4-15(5-2,14(19)20)17-13(18)9-21-11-6-7-12(16)10(3)8-11/h6-8H,4-5,9H2,1-3H3,(H,17,18)(H,19,20). The van der Waals surface area contributed by atoms with Crippen LogP contribution >= 0.6 is 11.6 Å². The number of rotatable bonds is 7. The number of ether oxygens (including phenoxy) is 1. The SMILES string of the molecule is CCC(CC)(NC(=O)COc1ccc(Cl)c(C)c1)C(=O)O. The third kappa shape index (κ3) is 4.36. The Labute approximate surface area is 129 Å². The summed E-state index contributed by atoms with van der Waals surface area (Å²) in [5.74, 6) is -0.988. The zero-order chi connectivity index (χ0) is 16.0. The summed E-state index contributed by atoms with van der Waals surface area (Å²) in [6, 6.07) is 5.07. The quantitative estimate of drug-likeness (QED) is 0.811. The van der Waals surface area contributed by atoms with Crippen LogP contribution in [0, 0.1) is 6.92 Å². The van der Waals surface area contributed by atoms with Crippen LogP contribution in [0.4, 0.5) is 0 Å². The lowest BCUT2D eigenvalue weighted by atomic mass is 9.93. The Hall–Kier alpha value is -1.75. The van der Waals surface area contributed by atoms with E-state index in [4.69, 9.17) is 16.3 Å². The molecule has 0 aliphatic carbocycles. The molecule has 1 aromatic carbocycles. The van der Waals surface area contributed by atoms with Crippen LogP contribution in [0.1, 0.15) is 32.3 Å². The molecule has 0 saturated heterocycles. The first-order valence-corrected chi connectivity index (χ1v) is 7.15. The summed E-state index contributed by atoms with van der Waals surface area (Å²) in [6.45, 7) is 5.04. The van der Waals surface area contributed by atoms with Gasteiger partial charge in [-0.2, -0.15) is 0 Å². The molecule has 2 N–H and O–H groups in total. The van der Waals surface area contributed by atoms with Gasteiger partial charge in [0.15, 0.2) is 6.61 Å². The van der Waals surface area contributed by atoms with E-state index in [9.17, 15) is 14.7 Å². The highest BCUT2D eigenvalue weighted by molar-refractivity contribution is 6.31. The van der Waals surface area contributed by atoms with E-state index >= 15 is 0 Å². The molecule has 0 fully saturated rings. The molecule has 1 rings (SSSR count). The van der Waals surface area contributed by atoms with Gasteiger partial charge < -0.3 is 15.2 Å². The summed E-state index contributed by atoms with van der Waals surface area (Å²) in [6.07, 6.45) is 0.620. The van der Waals surface area contributed by atoms with E-state index in [1.165, 1.54) is 0 Å². The van der Waals surface area contributed by atoms with E-state index in [-0.39, 0.29) is 6.61 Å². The zero-order valence-electron chi connectivity index (χ0n) is 12.4. The van der Waals surface area contributed by atoms with Crippen molar-refractivity contribution >= 4 is 23.5 Å². The Morgan fingerprint density at radius 3 is 2.43 bits per heavy atom. The first-order chi connectivity index (χ1) is 9.84. The number of amides is 1. The second-order valence-corrected chi connectivity index (χ2v) is 5.25. The van der Waals surface area contributed by atoms with Crippen molar-refractivity contribution in [1.29, 1.82) is 0 Å². The summed E-state index contributed by atoms with van der Waals surface area (Å²) in [7, 11) is 0. The highest BCUT2D eigenvalue weighted by Crippen LogP contribution is 2.21. The molecule has 0 spiro atoms. The Balaban J connectivity index is 2.65. The van der Waals surface area contributed by atoms with Gasteiger partial charge in [-0.1, -0.05) is 25.4 Å². The average Bonchev–Trinajstić information content (AvgIpc) is 2.45. The van der Waals surface area contributed by atoms with Crippen molar-refractivity contribution < 1.29 is 19.4 Å². The molecule has 1 aromatic rings. The van der Waals surface area contributed by atoms with Crippen LogP contribution < -0.4 is 10.1 Å². The molecule has 0 bridgehead atoms. The van der Waals surface area contributed by atoms with Crippen LogP contribution in [0.3, 0.4) is 0 Å². The minimum absolute atomic E-state index is 0.240. The summed E-state index contributed by atoms with van der Waals surface area (Å²) in [5, 5.41) is 12.4. The molecule has 0 atom stereocenters. The number of aliphatic carboxylic acids is 1. The van der Waals surface area contributed by atoms with E-state index in [0.29, 0.717) is 23.6 Å². The van der Waals surface area contributed by atoms with Crippen LogP contribution in [0.5, 0.6) is 5.75 Å². The zero-order valence-corrected chi connectivity index (χ0v) is 13.2. The Kier molecular flexibility index (Phi) is 6.03. The van der Waals surface area contributed by atoms with Gasteiger partial charge in [-0.05, 0) is 43.5 Å². The topological polar surface area (TPSA) is 75.6 Å². The lowest BCUT2D eigenvalue weighted by Gasteiger charge is -2.27. The predicted octanol–water partition coefficient (Wildman–Crippen LogP) is 2.79. The maximum absolute atomic E-state index is 11.9. The summed E-state index contributed by atoms with van der Waals surface area (Å²) in [5.41, 5.74) is -0.396. The maximum Gasteiger partial charge on any atom is 0.329 e. The minimum atomic E-state index is -1.24. The van der Waals surface area contributed by atoms with E-state index < -0.39 is 17.4 Å². The summed E-state index contributed by atoms with van der Waals surface area (Å²) < 4.78 is 5.35. The van der Waals surface area contributed by atoms with Crippen LogP contribution in [0.25, 0.3) is 0 Å². The van der Waals surface area contributed by atoms with Crippen LogP contribution in [-0.2, 0) is 9.59 Å². The van der Waals surface area contributed by atoms with Gasteiger partial charge in [0.2, 0.25) is 0 Å². The van der Waals surface area contributed by atoms with Crippen LogP contribution in [-0.4, -0.2) is 29.1 Å². The molecule has 0 aliphatic heterocycles. The van der Waals surface area contributed by atoms with E-state index in [2.05, 4.69) is 5.32 Å². The van der Waals surface area contributed by atoms with Crippen molar-refractivity contribution in [1.82, 2.24) is 5.32 Å². The third-order valence-corrected chi connectivity index (χ3v) is 3.92. The molecular weight excluding hydrogens is 294 g/mol. The number of carboxylic acids is 1.